The van der Waals surface area contributed by atoms with Crippen molar-refractivity contribution < 1.29 is 23.0 Å². The summed E-state index contributed by atoms with van der Waals surface area (Å²) in [5.41, 5.74) is 4.08. The van der Waals surface area contributed by atoms with Crippen LogP contribution in [0.2, 0.25) is 0 Å². The molecule has 0 spiro atoms. The number of nitrogens with one attached hydrogen (secondary N) is 1. The van der Waals surface area contributed by atoms with E-state index in [4.69, 9.17) is 9.47 Å². The SMILES string of the molecule is CC(C)CCN1CCOCCOc2ccc(C(=O)NCc3cc(F)cc(F)c3)cc2Cc2cccc(c2)C1. The van der Waals surface area contributed by atoms with E-state index in [-0.39, 0.29) is 12.5 Å². The third-order valence-electron chi connectivity index (χ3n) is 6.55. The number of benzene rings is 3. The van der Waals surface area contributed by atoms with E-state index < -0.39 is 11.6 Å². The zero-order chi connectivity index (χ0) is 26.9. The lowest BCUT2D eigenvalue weighted by molar-refractivity contribution is 0.0764. The Morgan fingerprint density at radius 2 is 1.76 bits per heavy atom. The average Bonchev–Trinajstić information content (AvgIpc) is 2.87. The van der Waals surface area contributed by atoms with E-state index >= 15 is 0 Å². The second kappa shape index (κ2) is 13.5. The second-order valence-electron chi connectivity index (χ2n) is 10.2. The molecule has 1 amide bonds. The smallest absolute Gasteiger partial charge is 0.251 e. The number of carbonyl (C=O) groups excluding carboxylic acids is 1. The number of nitrogens with zero attached hydrogens (tertiary/aromatic N) is 1. The maximum Gasteiger partial charge on any atom is 0.251 e. The van der Waals surface area contributed by atoms with Crippen LogP contribution in [0.15, 0.2) is 60.7 Å². The molecule has 2 bridgehead atoms. The summed E-state index contributed by atoms with van der Waals surface area (Å²) < 4.78 is 38.9. The number of carbonyl (C=O) groups is 1. The molecule has 0 aliphatic carbocycles. The lowest BCUT2D eigenvalue weighted by Gasteiger charge is -2.24. The van der Waals surface area contributed by atoms with Gasteiger partial charge in [-0.2, -0.15) is 0 Å². The van der Waals surface area contributed by atoms with Crippen molar-refractivity contribution in [1.82, 2.24) is 10.2 Å². The topological polar surface area (TPSA) is 50.8 Å². The Kier molecular flexibility index (Phi) is 9.85. The van der Waals surface area contributed by atoms with Crippen molar-refractivity contribution in [2.24, 2.45) is 5.92 Å². The molecule has 202 valence electrons. The Balaban J connectivity index is 1.52. The molecule has 7 heteroatoms. The van der Waals surface area contributed by atoms with Gasteiger partial charge in [-0.05, 0) is 71.5 Å². The third-order valence-corrected chi connectivity index (χ3v) is 6.55. The average molecular weight is 523 g/mol. The van der Waals surface area contributed by atoms with Gasteiger partial charge in [0.1, 0.15) is 24.0 Å². The number of ether oxygens (including phenoxy) is 2. The summed E-state index contributed by atoms with van der Waals surface area (Å²) in [7, 11) is 0. The highest BCUT2D eigenvalue weighted by Crippen LogP contribution is 2.25. The first-order valence-corrected chi connectivity index (χ1v) is 13.2. The molecule has 4 rings (SSSR count). The van der Waals surface area contributed by atoms with E-state index in [1.165, 1.54) is 17.7 Å². The van der Waals surface area contributed by atoms with Crippen LogP contribution in [0.3, 0.4) is 0 Å². The highest BCUT2D eigenvalue weighted by Gasteiger charge is 2.14. The summed E-state index contributed by atoms with van der Waals surface area (Å²) in [5, 5.41) is 2.75. The van der Waals surface area contributed by atoms with Crippen molar-refractivity contribution in [2.75, 3.05) is 32.9 Å². The standard InChI is InChI=1S/C31H36F2N2O3/c1-22(2)8-9-35-10-11-37-12-13-38-30-7-6-26(18-27(30)15-23-4-3-5-24(14-23)21-35)31(36)34-20-25-16-28(32)19-29(33)17-25/h3-7,14,16-19,22H,8-13,15,20-21H2,1-2H3,(H,34,36). The molecule has 0 fully saturated rings. The molecule has 0 saturated heterocycles. The van der Waals surface area contributed by atoms with Crippen molar-refractivity contribution in [1.29, 1.82) is 0 Å². The zero-order valence-corrected chi connectivity index (χ0v) is 22.1. The summed E-state index contributed by atoms with van der Waals surface area (Å²) in [6.07, 6.45) is 1.74. The Morgan fingerprint density at radius 3 is 2.55 bits per heavy atom. The fourth-order valence-electron chi connectivity index (χ4n) is 4.53. The minimum Gasteiger partial charge on any atom is -0.491 e. The summed E-state index contributed by atoms with van der Waals surface area (Å²) in [4.78, 5) is 15.3. The van der Waals surface area contributed by atoms with Gasteiger partial charge in [-0.1, -0.05) is 38.1 Å². The molecule has 0 saturated carbocycles. The second-order valence-corrected chi connectivity index (χ2v) is 10.2. The van der Waals surface area contributed by atoms with Gasteiger partial charge in [0.25, 0.3) is 5.91 Å². The molecular formula is C31H36F2N2O3. The van der Waals surface area contributed by atoms with E-state index in [1.807, 2.05) is 6.07 Å². The number of amides is 1. The van der Waals surface area contributed by atoms with Crippen LogP contribution in [0, 0.1) is 17.6 Å². The Morgan fingerprint density at radius 1 is 0.974 bits per heavy atom. The fourth-order valence-corrected chi connectivity index (χ4v) is 4.53. The summed E-state index contributed by atoms with van der Waals surface area (Å²) in [6.45, 7) is 8.79. The maximum atomic E-state index is 13.5. The number of fused-ring (bicyclic) bond motifs is 3. The molecular weight excluding hydrogens is 486 g/mol. The molecule has 1 aliphatic rings. The molecule has 1 aliphatic heterocycles. The number of hydrogen-bond donors (Lipinski definition) is 1. The van der Waals surface area contributed by atoms with Crippen LogP contribution >= 0.6 is 0 Å². The van der Waals surface area contributed by atoms with E-state index in [9.17, 15) is 13.6 Å². The summed E-state index contributed by atoms with van der Waals surface area (Å²) in [6, 6.07) is 17.1. The van der Waals surface area contributed by atoms with Crippen LogP contribution in [-0.2, 0) is 24.2 Å². The van der Waals surface area contributed by atoms with Gasteiger partial charge < -0.3 is 14.8 Å². The van der Waals surface area contributed by atoms with E-state index in [0.717, 1.165) is 43.2 Å². The minimum atomic E-state index is -0.674. The fraction of sp³-hybridized carbons (Fsp3) is 0.387. The molecule has 0 unspecified atom stereocenters. The van der Waals surface area contributed by atoms with Crippen molar-refractivity contribution in [3.63, 3.8) is 0 Å². The Bertz CT molecular complexity index is 1210. The first-order chi connectivity index (χ1) is 18.4. The van der Waals surface area contributed by atoms with Gasteiger partial charge in [-0.15, -0.1) is 0 Å². The van der Waals surface area contributed by atoms with Crippen LogP contribution in [0.4, 0.5) is 8.78 Å². The predicted molar refractivity (Wildman–Crippen MR) is 144 cm³/mol. The van der Waals surface area contributed by atoms with Gasteiger partial charge in [-0.25, -0.2) is 8.78 Å². The maximum absolute atomic E-state index is 13.5. The molecule has 5 nitrogen and oxygen atoms in total. The van der Waals surface area contributed by atoms with Gasteiger partial charge in [-0.3, -0.25) is 9.69 Å². The molecule has 3 aromatic rings. The molecule has 1 N–H and O–H groups in total. The number of rotatable bonds is 6. The molecule has 0 radical (unpaired) electrons. The molecule has 0 aromatic heterocycles. The van der Waals surface area contributed by atoms with Crippen LogP contribution in [-0.4, -0.2) is 43.7 Å². The van der Waals surface area contributed by atoms with Gasteiger partial charge >= 0.3 is 0 Å². The molecule has 0 atom stereocenters. The number of halogens is 2. The Labute approximate surface area is 223 Å². The highest BCUT2D eigenvalue weighted by atomic mass is 19.1. The normalized spacial score (nSPS) is 14.9. The Hall–Kier alpha value is -3.29. The van der Waals surface area contributed by atoms with Crippen LogP contribution in [0.5, 0.6) is 5.75 Å². The predicted octanol–water partition coefficient (Wildman–Crippen LogP) is 5.74. The monoisotopic (exact) mass is 522 g/mol. The van der Waals surface area contributed by atoms with E-state index in [0.29, 0.717) is 49.0 Å². The van der Waals surface area contributed by atoms with Gasteiger partial charge in [0.05, 0.1) is 13.2 Å². The lowest BCUT2D eigenvalue weighted by Crippen LogP contribution is -2.29. The van der Waals surface area contributed by atoms with Gasteiger partial charge in [0.2, 0.25) is 0 Å². The molecule has 1 heterocycles. The molecule has 3 aromatic carbocycles. The van der Waals surface area contributed by atoms with E-state index in [2.05, 4.69) is 48.3 Å². The largest absolute Gasteiger partial charge is 0.491 e. The summed E-state index contributed by atoms with van der Waals surface area (Å²) >= 11 is 0. The minimum absolute atomic E-state index is 0.0216. The van der Waals surface area contributed by atoms with Crippen molar-refractivity contribution >= 4 is 5.91 Å². The van der Waals surface area contributed by atoms with Crippen LogP contribution in [0.25, 0.3) is 0 Å². The third kappa shape index (κ3) is 8.36. The van der Waals surface area contributed by atoms with Gasteiger partial charge in [0, 0.05) is 37.7 Å². The first kappa shape index (κ1) is 27.7. The summed E-state index contributed by atoms with van der Waals surface area (Å²) in [5.74, 6) is -0.325. The van der Waals surface area contributed by atoms with Crippen LogP contribution in [0.1, 0.15) is 52.9 Å². The van der Waals surface area contributed by atoms with Crippen molar-refractivity contribution in [2.45, 2.75) is 39.8 Å². The van der Waals surface area contributed by atoms with Crippen molar-refractivity contribution in [3.8, 4) is 5.75 Å². The number of hydrogen-bond acceptors (Lipinski definition) is 4. The highest BCUT2D eigenvalue weighted by molar-refractivity contribution is 5.94. The van der Waals surface area contributed by atoms with Gasteiger partial charge in [0.15, 0.2) is 0 Å². The van der Waals surface area contributed by atoms with E-state index in [1.54, 1.807) is 12.1 Å². The van der Waals surface area contributed by atoms with Crippen molar-refractivity contribution in [3.05, 3.63) is 100 Å². The first-order valence-electron chi connectivity index (χ1n) is 13.2. The lowest BCUT2D eigenvalue weighted by atomic mass is 9.99. The quantitative estimate of drug-likeness (QED) is 0.449. The van der Waals surface area contributed by atoms with Crippen LogP contribution < -0.4 is 10.1 Å². The zero-order valence-electron chi connectivity index (χ0n) is 22.1. The molecule has 38 heavy (non-hydrogen) atoms.